The van der Waals surface area contributed by atoms with Crippen molar-refractivity contribution in [2.45, 2.75) is 19.3 Å². The Balaban J connectivity index is 1.82. The fraction of sp³-hybridized carbons (Fsp3) is 0.467. The highest BCUT2D eigenvalue weighted by molar-refractivity contribution is 6.01. The van der Waals surface area contributed by atoms with Crippen molar-refractivity contribution in [3.8, 4) is 0 Å². The molecule has 4 nitrogen and oxygen atoms in total. The maximum absolute atomic E-state index is 13.2. The zero-order chi connectivity index (χ0) is 14.1. The van der Waals surface area contributed by atoms with Crippen LogP contribution in [0, 0.1) is 11.7 Å². The van der Waals surface area contributed by atoms with E-state index in [4.69, 9.17) is 4.74 Å². The second-order valence-corrected chi connectivity index (χ2v) is 5.28. The van der Waals surface area contributed by atoms with Crippen molar-refractivity contribution in [3.05, 3.63) is 29.6 Å². The molecule has 0 aliphatic carbocycles. The summed E-state index contributed by atoms with van der Waals surface area (Å²) in [6.07, 6.45) is 1.57. The number of amides is 1. The highest BCUT2D eigenvalue weighted by Crippen LogP contribution is 2.29. The summed E-state index contributed by atoms with van der Waals surface area (Å²) in [5.41, 5.74) is 1.45. The van der Waals surface area contributed by atoms with Crippen molar-refractivity contribution >= 4 is 17.4 Å². The molecular weight excluding hydrogens is 261 g/mol. The molecule has 0 bridgehead atoms. The molecule has 0 aromatic heterocycles. The van der Waals surface area contributed by atoms with Gasteiger partial charge >= 0.3 is 0 Å². The molecule has 0 radical (unpaired) electrons. The number of halogens is 1. The SMILES string of the molecule is O=C(CN1C(=O)CCc2cc(F)ccc21)C1CCOC1. The summed E-state index contributed by atoms with van der Waals surface area (Å²) in [5.74, 6) is -0.480. The normalized spacial score (nSPS) is 21.9. The van der Waals surface area contributed by atoms with Gasteiger partial charge in [0.05, 0.1) is 13.2 Å². The van der Waals surface area contributed by atoms with E-state index in [2.05, 4.69) is 0 Å². The van der Waals surface area contributed by atoms with Crippen LogP contribution in [0.1, 0.15) is 18.4 Å². The van der Waals surface area contributed by atoms with Gasteiger partial charge in [-0.25, -0.2) is 4.39 Å². The fourth-order valence-corrected chi connectivity index (χ4v) is 2.78. The first-order valence-electron chi connectivity index (χ1n) is 6.84. The molecule has 1 fully saturated rings. The van der Waals surface area contributed by atoms with E-state index >= 15 is 0 Å². The molecule has 5 heteroatoms. The quantitative estimate of drug-likeness (QED) is 0.845. The second-order valence-electron chi connectivity index (χ2n) is 5.28. The zero-order valence-electron chi connectivity index (χ0n) is 11.1. The highest BCUT2D eigenvalue weighted by Gasteiger charge is 2.30. The van der Waals surface area contributed by atoms with Gasteiger partial charge in [0.15, 0.2) is 5.78 Å². The lowest BCUT2D eigenvalue weighted by molar-refractivity contribution is -0.125. The predicted molar refractivity (Wildman–Crippen MR) is 71.0 cm³/mol. The molecule has 2 heterocycles. The van der Waals surface area contributed by atoms with Crippen molar-refractivity contribution < 1.29 is 18.7 Å². The van der Waals surface area contributed by atoms with Crippen LogP contribution < -0.4 is 4.90 Å². The maximum Gasteiger partial charge on any atom is 0.227 e. The summed E-state index contributed by atoms with van der Waals surface area (Å²) in [7, 11) is 0. The van der Waals surface area contributed by atoms with E-state index in [0.717, 1.165) is 12.0 Å². The Bertz CT molecular complexity index is 552. The van der Waals surface area contributed by atoms with E-state index in [1.54, 1.807) is 6.07 Å². The van der Waals surface area contributed by atoms with E-state index < -0.39 is 0 Å². The number of benzene rings is 1. The Morgan fingerprint density at radius 2 is 2.25 bits per heavy atom. The van der Waals surface area contributed by atoms with Gasteiger partial charge in [-0.1, -0.05) is 0 Å². The van der Waals surface area contributed by atoms with E-state index in [9.17, 15) is 14.0 Å². The first kappa shape index (κ1) is 13.2. The van der Waals surface area contributed by atoms with Crippen LogP contribution in [0.4, 0.5) is 10.1 Å². The number of ether oxygens (including phenoxy) is 1. The first-order valence-corrected chi connectivity index (χ1v) is 6.84. The number of fused-ring (bicyclic) bond motifs is 1. The summed E-state index contributed by atoms with van der Waals surface area (Å²) in [6.45, 7) is 1.11. The van der Waals surface area contributed by atoms with Gasteiger partial charge in [-0.15, -0.1) is 0 Å². The van der Waals surface area contributed by atoms with Gasteiger partial charge in [-0.2, -0.15) is 0 Å². The zero-order valence-corrected chi connectivity index (χ0v) is 11.1. The number of anilines is 1. The Labute approximate surface area is 116 Å². The minimum Gasteiger partial charge on any atom is -0.381 e. The van der Waals surface area contributed by atoms with Crippen molar-refractivity contribution in [3.63, 3.8) is 0 Å². The summed E-state index contributed by atoms with van der Waals surface area (Å²) < 4.78 is 18.4. The molecule has 20 heavy (non-hydrogen) atoms. The number of carbonyl (C=O) groups is 2. The minimum absolute atomic E-state index is 0.0213. The number of ketones is 1. The second kappa shape index (κ2) is 5.32. The molecular formula is C15H16FNO3. The lowest BCUT2D eigenvalue weighted by Crippen LogP contribution is -2.41. The molecule has 2 aliphatic rings. The minimum atomic E-state index is -0.312. The van der Waals surface area contributed by atoms with Crippen LogP contribution in [0.3, 0.4) is 0 Å². The number of rotatable bonds is 3. The van der Waals surface area contributed by atoms with Gasteiger partial charge in [0, 0.05) is 24.6 Å². The van der Waals surface area contributed by atoms with Crippen LogP contribution >= 0.6 is 0 Å². The number of carbonyl (C=O) groups excluding carboxylic acids is 2. The van der Waals surface area contributed by atoms with Crippen LogP contribution in [-0.4, -0.2) is 31.4 Å². The Morgan fingerprint density at radius 3 is 3.00 bits per heavy atom. The van der Waals surface area contributed by atoms with Crippen molar-refractivity contribution in [1.82, 2.24) is 0 Å². The van der Waals surface area contributed by atoms with Crippen LogP contribution in [0.5, 0.6) is 0 Å². The molecule has 1 amide bonds. The predicted octanol–water partition coefficient (Wildman–Crippen LogP) is 1.71. The van der Waals surface area contributed by atoms with Crippen molar-refractivity contribution in [1.29, 1.82) is 0 Å². The first-order chi connectivity index (χ1) is 9.65. The third-order valence-electron chi connectivity index (χ3n) is 3.94. The molecule has 106 valence electrons. The van der Waals surface area contributed by atoms with Gasteiger partial charge in [-0.3, -0.25) is 9.59 Å². The highest BCUT2D eigenvalue weighted by atomic mass is 19.1. The fourth-order valence-electron chi connectivity index (χ4n) is 2.78. The van der Waals surface area contributed by atoms with Crippen LogP contribution in [0.2, 0.25) is 0 Å². The lowest BCUT2D eigenvalue weighted by atomic mass is 9.98. The average molecular weight is 277 g/mol. The van der Waals surface area contributed by atoms with Gasteiger partial charge in [-0.05, 0) is 36.6 Å². The lowest BCUT2D eigenvalue weighted by Gasteiger charge is -2.29. The number of hydrogen-bond acceptors (Lipinski definition) is 3. The summed E-state index contributed by atoms with van der Waals surface area (Å²) in [5, 5.41) is 0. The Morgan fingerprint density at radius 1 is 1.40 bits per heavy atom. The largest absolute Gasteiger partial charge is 0.381 e. The monoisotopic (exact) mass is 277 g/mol. The number of Topliss-reactive ketones (excluding diaryl/α,β-unsaturated/α-hetero) is 1. The number of aryl methyl sites for hydroxylation is 1. The van der Waals surface area contributed by atoms with Crippen LogP contribution in [0.25, 0.3) is 0 Å². The van der Waals surface area contributed by atoms with Gasteiger partial charge in [0.2, 0.25) is 5.91 Å². The molecule has 1 aromatic rings. The molecule has 1 saturated heterocycles. The third-order valence-corrected chi connectivity index (χ3v) is 3.94. The van der Waals surface area contributed by atoms with E-state index in [1.165, 1.54) is 17.0 Å². The van der Waals surface area contributed by atoms with E-state index in [1.807, 2.05) is 0 Å². The Kier molecular flexibility index (Phi) is 3.53. The molecule has 0 N–H and O–H groups in total. The topological polar surface area (TPSA) is 46.6 Å². The smallest absolute Gasteiger partial charge is 0.227 e. The summed E-state index contributed by atoms with van der Waals surface area (Å²) in [4.78, 5) is 25.7. The molecule has 0 spiro atoms. The van der Waals surface area contributed by atoms with Gasteiger partial charge in [0.1, 0.15) is 5.82 Å². The number of nitrogens with zero attached hydrogens (tertiary/aromatic N) is 1. The standard InChI is InChI=1S/C15H16FNO3/c16-12-2-3-13-10(7-12)1-4-15(19)17(13)8-14(18)11-5-6-20-9-11/h2-3,7,11H,1,4-6,8-9H2. The Hall–Kier alpha value is -1.75. The molecule has 2 aliphatic heterocycles. The van der Waals surface area contributed by atoms with Crippen LogP contribution in [-0.2, 0) is 20.7 Å². The summed E-state index contributed by atoms with van der Waals surface area (Å²) in [6, 6.07) is 4.35. The maximum atomic E-state index is 13.2. The molecule has 0 saturated carbocycles. The third kappa shape index (κ3) is 2.45. The molecule has 1 unspecified atom stereocenters. The molecule has 1 atom stereocenters. The van der Waals surface area contributed by atoms with Gasteiger partial charge in [0.25, 0.3) is 0 Å². The number of hydrogen-bond donors (Lipinski definition) is 0. The van der Waals surface area contributed by atoms with Crippen molar-refractivity contribution in [2.24, 2.45) is 5.92 Å². The van der Waals surface area contributed by atoms with Crippen molar-refractivity contribution in [2.75, 3.05) is 24.7 Å². The van der Waals surface area contributed by atoms with Crippen LogP contribution in [0.15, 0.2) is 18.2 Å². The summed E-state index contributed by atoms with van der Waals surface area (Å²) >= 11 is 0. The van der Waals surface area contributed by atoms with E-state index in [0.29, 0.717) is 31.7 Å². The molecule has 3 rings (SSSR count). The van der Waals surface area contributed by atoms with Gasteiger partial charge < -0.3 is 9.64 Å². The van der Waals surface area contributed by atoms with E-state index in [-0.39, 0.29) is 30.0 Å². The molecule has 1 aromatic carbocycles. The average Bonchev–Trinajstić information content (AvgIpc) is 2.96.